The number of thiazole rings is 1. The van der Waals surface area contributed by atoms with Crippen LogP contribution in [0.5, 0.6) is 11.8 Å². The molecule has 4 aromatic carbocycles. The van der Waals surface area contributed by atoms with Gasteiger partial charge >= 0.3 is 6.01 Å². The highest BCUT2D eigenvalue weighted by molar-refractivity contribution is 7.13. The number of β-amino-alcohol motifs (C(OH)–C–C–N with tert-alkyl or cyclic N) is 1. The number of anilines is 1. The van der Waals surface area contributed by atoms with E-state index in [2.05, 4.69) is 27.8 Å². The third-order valence-corrected chi connectivity index (χ3v) is 18.6. The van der Waals surface area contributed by atoms with Gasteiger partial charge in [-0.15, -0.1) is 11.3 Å². The van der Waals surface area contributed by atoms with Gasteiger partial charge < -0.3 is 39.7 Å². The Balaban J connectivity index is 0.774. The largest absolute Gasteiger partial charge is 0.508 e. The van der Waals surface area contributed by atoms with E-state index in [0.29, 0.717) is 40.7 Å². The molecule has 3 aliphatic heterocycles. The fraction of sp³-hybridized carbons (Fsp3) is 0.469. The Morgan fingerprint density at radius 2 is 1.75 bits per heavy atom. The molecule has 3 N–H and O–H groups in total. The van der Waals surface area contributed by atoms with E-state index >= 15 is 4.39 Å². The maximum Gasteiger partial charge on any atom is 0.319 e. The maximum atomic E-state index is 17.5. The van der Waals surface area contributed by atoms with Gasteiger partial charge in [-0.1, -0.05) is 87.5 Å². The minimum Gasteiger partial charge on any atom is -0.508 e. The summed E-state index contributed by atoms with van der Waals surface area (Å²) in [6.07, 6.45) is 4.23. The van der Waals surface area contributed by atoms with Crippen LogP contribution in [0.4, 0.5) is 10.2 Å². The summed E-state index contributed by atoms with van der Waals surface area (Å²) in [5.74, 6) is -2.17. The number of phenolic OH excluding ortho intramolecular Hbond substituents is 1. The van der Waals surface area contributed by atoms with Gasteiger partial charge in [-0.2, -0.15) is 15.2 Å². The van der Waals surface area contributed by atoms with E-state index in [-0.39, 0.29) is 121 Å². The molecule has 0 radical (unpaired) electrons. The molecule has 10 rings (SSSR count). The van der Waals surface area contributed by atoms with Crippen LogP contribution in [0.15, 0.2) is 84.9 Å². The number of amides is 3. The number of aliphatic hydroxyl groups excluding tert-OH is 1. The number of aromatic hydroxyl groups is 1. The number of halogens is 2. The van der Waals surface area contributed by atoms with Crippen molar-refractivity contribution in [3.05, 3.63) is 107 Å². The maximum absolute atomic E-state index is 17.5. The SMILES string of the molecule is C=CC(=O)N1CCN(c2nc(O[C@H]3CCC[C@@H]3N3CCC(COCC(=O)C[C@H](C(=O)N4C[C@H](O)C[C@H]4C(=O)N[C@@H](C)c4ccc(-c5scnc5C)cc4)C(C)(C)C)CC3)nc3c(F)c(-c4cc(O)cc5ccccc45)c(Cl)cc23)C[C@@H]1CC#N. The number of piperidine rings is 1. The van der Waals surface area contributed by atoms with E-state index in [0.717, 1.165) is 66.9 Å². The van der Waals surface area contributed by atoms with Crippen molar-refractivity contribution >= 4 is 73.9 Å². The van der Waals surface area contributed by atoms with Crippen molar-refractivity contribution in [1.29, 1.82) is 5.26 Å². The molecule has 17 nitrogen and oxygen atoms in total. The summed E-state index contributed by atoms with van der Waals surface area (Å²) in [7, 11) is 0. The van der Waals surface area contributed by atoms with Crippen LogP contribution in [0.25, 0.3) is 43.2 Å². The number of hydrogen-bond donors (Lipinski definition) is 3. The Morgan fingerprint density at radius 1 is 0.988 bits per heavy atom. The van der Waals surface area contributed by atoms with Crippen LogP contribution in [-0.4, -0.2) is 146 Å². The molecule has 7 atom stereocenters. The van der Waals surface area contributed by atoms with Crippen molar-refractivity contribution in [2.75, 3.05) is 57.4 Å². The monoisotopic (exact) mass is 1180 g/mol. The summed E-state index contributed by atoms with van der Waals surface area (Å²) >= 11 is 8.60. The molecule has 0 bridgehead atoms. The number of nitrogens with zero attached hydrogens (tertiary/aromatic N) is 8. The first-order valence-corrected chi connectivity index (χ1v) is 30.3. The molecule has 0 unspecified atom stereocenters. The van der Waals surface area contributed by atoms with Gasteiger partial charge in [0.15, 0.2) is 11.6 Å². The number of nitriles is 1. The summed E-state index contributed by atoms with van der Waals surface area (Å²) < 4.78 is 30.4. The van der Waals surface area contributed by atoms with Crippen LogP contribution in [0.1, 0.15) is 96.4 Å². The van der Waals surface area contributed by atoms with Crippen molar-refractivity contribution < 1.29 is 43.3 Å². The Bertz CT molecular complexity index is 3490. The number of aromatic nitrogens is 3. The number of aliphatic hydroxyl groups is 1. The molecule has 3 saturated heterocycles. The van der Waals surface area contributed by atoms with Gasteiger partial charge in [-0.3, -0.25) is 24.1 Å². The fourth-order valence-corrected chi connectivity index (χ4v) is 13.9. The van der Waals surface area contributed by atoms with E-state index in [1.165, 1.54) is 17.0 Å². The molecule has 0 spiro atoms. The zero-order valence-corrected chi connectivity index (χ0v) is 49.8. The van der Waals surface area contributed by atoms with E-state index in [1.54, 1.807) is 28.4 Å². The highest BCUT2D eigenvalue weighted by atomic mass is 35.5. The normalized spacial score (nSPS) is 21.4. The molecule has 442 valence electrons. The minimum absolute atomic E-state index is 0.00205. The van der Waals surface area contributed by atoms with E-state index in [4.69, 9.17) is 31.0 Å². The highest BCUT2D eigenvalue weighted by Crippen LogP contribution is 2.44. The van der Waals surface area contributed by atoms with Gasteiger partial charge in [-0.05, 0) is 122 Å². The number of aryl methyl sites for hydroxylation is 1. The Kier molecular flexibility index (Phi) is 18.3. The lowest BCUT2D eigenvalue weighted by molar-refractivity contribution is -0.147. The minimum atomic E-state index is -0.890. The summed E-state index contributed by atoms with van der Waals surface area (Å²) in [5, 5.41) is 36.3. The van der Waals surface area contributed by atoms with Gasteiger partial charge in [0.1, 0.15) is 35.8 Å². The Labute approximate surface area is 498 Å². The van der Waals surface area contributed by atoms with Gasteiger partial charge in [-0.25, -0.2) is 9.37 Å². The number of hydrogen-bond acceptors (Lipinski definition) is 15. The molecule has 1 saturated carbocycles. The molecular weight excluding hydrogens is 1110 g/mol. The fourth-order valence-electron chi connectivity index (χ4n) is 12.8. The number of phenols is 1. The Morgan fingerprint density at radius 3 is 2.46 bits per heavy atom. The quantitative estimate of drug-likeness (QED) is 0.0683. The number of rotatable bonds is 18. The average molecular weight is 1180 g/mol. The number of carbonyl (C=O) groups excluding carboxylic acids is 4. The zero-order valence-electron chi connectivity index (χ0n) is 48.2. The number of fused-ring (bicyclic) bond motifs is 2. The molecule has 2 aromatic heterocycles. The van der Waals surface area contributed by atoms with Crippen LogP contribution < -0.4 is 15.0 Å². The molecule has 20 heteroatoms. The number of Topliss-reactive ketones (excluding diaryl/α,β-unsaturated/α-hetero) is 1. The summed E-state index contributed by atoms with van der Waals surface area (Å²) in [5.41, 5.74) is 4.52. The number of ether oxygens (including phenoxy) is 2. The number of carbonyl (C=O) groups is 4. The molecule has 84 heavy (non-hydrogen) atoms. The van der Waals surface area contributed by atoms with Crippen molar-refractivity contribution in [2.24, 2.45) is 17.3 Å². The molecular formula is C64H73ClFN9O8S. The summed E-state index contributed by atoms with van der Waals surface area (Å²) in [4.78, 5) is 77.5. The zero-order chi connectivity index (χ0) is 59.6. The lowest BCUT2D eigenvalue weighted by Gasteiger charge is -2.41. The summed E-state index contributed by atoms with van der Waals surface area (Å²) in [6.45, 7) is 15.8. The number of piperazine rings is 1. The molecule has 1 aliphatic carbocycles. The average Bonchev–Trinajstić information content (AvgIpc) is 1.88. The lowest BCUT2D eigenvalue weighted by atomic mass is 9.77. The van der Waals surface area contributed by atoms with Crippen molar-refractivity contribution in [3.8, 4) is 39.4 Å². The van der Waals surface area contributed by atoms with Crippen molar-refractivity contribution in [3.63, 3.8) is 0 Å². The predicted molar refractivity (Wildman–Crippen MR) is 322 cm³/mol. The molecule has 6 aromatic rings. The van der Waals surface area contributed by atoms with Crippen molar-refractivity contribution in [2.45, 2.75) is 122 Å². The van der Waals surface area contributed by atoms with Crippen LogP contribution >= 0.6 is 22.9 Å². The van der Waals surface area contributed by atoms with E-state index in [1.807, 2.05) is 93.6 Å². The molecule has 5 heterocycles. The van der Waals surface area contributed by atoms with Gasteiger partial charge in [0.25, 0.3) is 0 Å². The molecule has 4 aliphatic rings. The molecule has 3 amide bonds. The number of likely N-dealkylation sites (tertiary alicyclic amines) is 2. The first-order valence-electron chi connectivity index (χ1n) is 29.1. The van der Waals surface area contributed by atoms with Crippen LogP contribution in [0, 0.1) is 41.3 Å². The summed E-state index contributed by atoms with van der Waals surface area (Å²) in [6, 6.07) is 20.5. The topological polar surface area (TPSA) is 215 Å². The first kappa shape index (κ1) is 60.1. The van der Waals surface area contributed by atoms with E-state index < -0.39 is 35.3 Å². The number of nitrogens with one attached hydrogen (secondary N) is 1. The first-order chi connectivity index (χ1) is 40.3. The van der Waals surface area contributed by atoms with Crippen LogP contribution in [0.2, 0.25) is 5.02 Å². The second-order valence-corrected chi connectivity index (χ2v) is 25.3. The van der Waals surface area contributed by atoms with Gasteiger partial charge in [0.05, 0.1) is 58.4 Å². The Hall–Kier alpha value is -7.08. The van der Waals surface area contributed by atoms with Crippen molar-refractivity contribution in [1.82, 2.24) is 35.0 Å². The standard InChI is InChI=1S/C64H73ClFN9O8S/c1-7-55(79)74-26-25-73(32-43(74)19-22-67)60-49-31-51(65)56(48-28-44(76)27-42-11-8-9-12-47(42)48)57(66)58(49)70-63(71-60)83-54-14-10-13-52(54)72-23-20-39(21-24-72)34-82-35-46(78)29-50(64(4,5)6)62(81)75-33-45(77)30-53(75)61(80)69-37(2)40-15-17-41(18-16-40)59-38(3)68-36-84-59/h7-9,11-12,15-18,27-28,31,36-37,39,43,45,50,52-54,76-77H,1,10,13-14,19-21,23-26,29-30,32-35H2,2-6H3,(H,69,80)/t37-,43-,45+,50+,52-,53-,54-/m0/s1. The van der Waals surface area contributed by atoms with Crippen LogP contribution in [-0.2, 0) is 23.9 Å². The second kappa shape index (κ2) is 25.6. The van der Waals surface area contributed by atoms with E-state index in [9.17, 15) is 34.7 Å². The number of ketones is 1. The predicted octanol–water partition coefficient (Wildman–Crippen LogP) is 9.99. The lowest BCUT2D eigenvalue weighted by Crippen LogP contribution is -2.55. The number of benzene rings is 4. The second-order valence-electron chi connectivity index (χ2n) is 24.0. The third-order valence-electron chi connectivity index (χ3n) is 17.4. The highest BCUT2D eigenvalue weighted by Gasteiger charge is 2.45. The van der Waals surface area contributed by atoms with Crippen LogP contribution in [0.3, 0.4) is 0 Å². The van der Waals surface area contributed by atoms with Gasteiger partial charge in [0.2, 0.25) is 17.7 Å². The smallest absolute Gasteiger partial charge is 0.319 e. The third kappa shape index (κ3) is 12.9. The molecule has 4 fully saturated rings. The van der Waals surface area contributed by atoms with Gasteiger partial charge in [0, 0.05) is 61.9 Å².